The summed E-state index contributed by atoms with van der Waals surface area (Å²) < 4.78 is 29.8. The van der Waals surface area contributed by atoms with Crippen LogP contribution in [0.2, 0.25) is 0 Å². The summed E-state index contributed by atoms with van der Waals surface area (Å²) in [6.45, 7) is 0.376. The molecular formula is C28H26F2N4O2. The molecule has 1 saturated carbocycles. The van der Waals surface area contributed by atoms with Crippen LogP contribution in [0.4, 0.5) is 8.78 Å². The summed E-state index contributed by atoms with van der Waals surface area (Å²) in [4.78, 5) is 24.7. The molecule has 6 nitrogen and oxygen atoms in total. The molecular weight excluding hydrogens is 462 g/mol. The predicted octanol–water partition coefficient (Wildman–Crippen LogP) is 4.97. The zero-order chi connectivity index (χ0) is 24.9. The predicted molar refractivity (Wildman–Crippen MR) is 130 cm³/mol. The normalized spacial score (nSPS) is 24.0. The van der Waals surface area contributed by atoms with Gasteiger partial charge in [-0.3, -0.25) is 9.20 Å². The molecule has 1 N–H and O–H groups in total. The molecule has 2 aromatic heterocycles. The van der Waals surface area contributed by atoms with E-state index in [1.807, 2.05) is 35.2 Å². The largest absolute Gasteiger partial charge is 0.385 e. The van der Waals surface area contributed by atoms with Crippen LogP contribution in [0.1, 0.15) is 48.3 Å². The summed E-state index contributed by atoms with van der Waals surface area (Å²) in [6, 6.07) is 14.5. The highest BCUT2D eigenvalue weighted by molar-refractivity contribution is 5.94. The van der Waals surface area contributed by atoms with Gasteiger partial charge in [0.25, 0.3) is 5.91 Å². The summed E-state index contributed by atoms with van der Waals surface area (Å²) in [5.74, 6) is -1.70. The van der Waals surface area contributed by atoms with Gasteiger partial charge in [0.05, 0.1) is 5.60 Å². The van der Waals surface area contributed by atoms with Gasteiger partial charge in [0.2, 0.25) is 5.82 Å². The number of carbonyl (C=O) groups is 1. The number of likely N-dealkylation sites (tertiary alicyclic amines) is 1. The number of nitrogens with zero attached hydrogens (tertiary/aromatic N) is 4. The molecule has 6 rings (SSSR count). The van der Waals surface area contributed by atoms with E-state index in [-0.39, 0.29) is 34.9 Å². The molecule has 3 heterocycles. The average Bonchev–Trinajstić information content (AvgIpc) is 3.29. The molecule has 0 spiro atoms. The Morgan fingerprint density at radius 3 is 2.67 bits per heavy atom. The van der Waals surface area contributed by atoms with Crippen molar-refractivity contribution in [2.24, 2.45) is 5.92 Å². The van der Waals surface area contributed by atoms with Gasteiger partial charge in [0, 0.05) is 42.5 Å². The van der Waals surface area contributed by atoms with Crippen LogP contribution in [0.5, 0.6) is 0 Å². The highest BCUT2D eigenvalue weighted by atomic mass is 19.1. The second-order valence-electron chi connectivity index (χ2n) is 9.72. The molecule has 4 aromatic rings. The number of benzene rings is 2. The molecule has 0 unspecified atom stereocenters. The minimum atomic E-state index is -0.998. The van der Waals surface area contributed by atoms with Crippen LogP contribution in [-0.2, 0) is 5.60 Å². The smallest absolute Gasteiger partial charge is 0.290 e. The maximum atomic E-state index is 14.7. The third-order valence-electron chi connectivity index (χ3n) is 7.79. The number of hydrogen-bond acceptors (Lipinski definition) is 4. The Labute approximate surface area is 207 Å². The standard InChI is InChI=1S/C28H26F2N4O2/c29-19-11-12-20(22(30)17-19)24-25-31-14-6-15-34(25)26(32-24)27(35)33-16-13-28(36,18-7-2-1-3-8-18)21-9-4-5-10-23(21)33/h1-3,6-8,11-12,14-15,17,21,23,36H,4-5,9-10,13,16H2/t21-,23+,28-/m0/s1. The minimum absolute atomic E-state index is 0.0827. The van der Waals surface area contributed by atoms with E-state index in [2.05, 4.69) is 9.97 Å². The molecule has 2 aliphatic rings. The number of imidazole rings is 1. The van der Waals surface area contributed by atoms with Crippen LogP contribution in [0.15, 0.2) is 67.0 Å². The fourth-order valence-electron chi connectivity index (χ4n) is 6.09. The third kappa shape index (κ3) is 3.59. The van der Waals surface area contributed by atoms with Gasteiger partial charge in [-0.15, -0.1) is 0 Å². The van der Waals surface area contributed by atoms with Crippen LogP contribution in [-0.4, -0.2) is 42.9 Å². The summed E-state index contributed by atoms with van der Waals surface area (Å²) in [7, 11) is 0. The molecule has 2 fully saturated rings. The third-order valence-corrected chi connectivity index (χ3v) is 7.79. The summed E-state index contributed by atoms with van der Waals surface area (Å²) >= 11 is 0. The van der Waals surface area contributed by atoms with E-state index in [1.165, 1.54) is 6.07 Å². The molecule has 1 saturated heterocycles. The SMILES string of the molecule is O=C(c1nc(-c2ccc(F)cc2F)c2ncccn12)N1CC[C@](O)(c2ccccc2)[C@H]2CCCC[C@H]21. The number of carbonyl (C=O) groups excluding carboxylic acids is 1. The van der Waals surface area contributed by atoms with E-state index in [0.717, 1.165) is 43.4 Å². The second kappa shape index (κ2) is 8.78. The number of rotatable bonds is 3. The molecule has 1 amide bonds. The first-order chi connectivity index (χ1) is 17.5. The van der Waals surface area contributed by atoms with E-state index in [1.54, 1.807) is 22.9 Å². The number of fused-ring (bicyclic) bond motifs is 2. The topological polar surface area (TPSA) is 70.7 Å². The van der Waals surface area contributed by atoms with Crippen LogP contribution >= 0.6 is 0 Å². The Balaban J connectivity index is 1.40. The first kappa shape index (κ1) is 22.8. The first-order valence-electron chi connectivity index (χ1n) is 12.3. The van der Waals surface area contributed by atoms with E-state index >= 15 is 0 Å². The average molecular weight is 489 g/mol. The Kier molecular flexibility index (Phi) is 5.56. The Morgan fingerprint density at radius 2 is 1.86 bits per heavy atom. The first-order valence-corrected chi connectivity index (χ1v) is 12.3. The van der Waals surface area contributed by atoms with E-state index < -0.39 is 17.2 Å². The fraction of sp³-hybridized carbons (Fsp3) is 0.321. The van der Waals surface area contributed by atoms with Gasteiger partial charge in [0.15, 0.2) is 5.65 Å². The number of aliphatic hydroxyl groups is 1. The lowest BCUT2D eigenvalue weighted by Crippen LogP contribution is -2.59. The summed E-state index contributed by atoms with van der Waals surface area (Å²) in [5.41, 5.74) is 0.485. The van der Waals surface area contributed by atoms with Crippen LogP contribution < -0.4 is 0 Å². The molecule has 1 aliphatic heterocycles. The molecule has 0 radical (unpaired) electrons. The summed E-state index contributed by atoms with van der Waals surface area (Å²) in [5, 5.41) is 11.8. The number of hydrogen-bond donors (Lipinski definition) is 1. The molecule has 1 aliphatic carbocycles. The van der Waals surface area contributed by atoms with Gasteiger partial charge in [-0.1, -0.05) is 43.2 Å². The van der Waals surface area contributed by atoms with Crippen molar-refractivity contribution >= 4 is 11.6 Å². The monoisotopic (exact) mass is 488 g/mol. The lowest BCUT2D eigenvalue weighted by atomic mass is 9.66. The molecule has 36 heavy (non-hydrogen) atoms. The van der Waals surface area contributed by atoms with Gasteiger partial charge in [-0.2, -0.15) is 0 Å². The van der Waals surface area contributed by atoms with E-state index in [9.17, 15) is 18.7 Å². The highest BCUT2D eigenvalue weighted by Gasteiger charge is 2.50. The van der Waals surface area contributed by atoms with Crippen molar-refractivity contribution in [1.29, 1.82) is 0 Å². The fourth-order valence-corrected chi connectivity index (χ4v) is 6.09. The Bertz CT molecular complexity index is 1440. The highest BCUT2D eigenvalue weighted by Crippen LogP contribution is 2.47. The second-order valence-corrected chi connectivity index (χ2v) is 9.72. The van der Waals surface area contributed by atoms with Gasteiger partial charge in [-0.25, -0.2) is 18.7 Å². The van der Waals surface area contributed by atoms with E-state index in [4.69, 9.17) is 0 Å². The van der Waals surface area contributed by atoms with Crippen LogP contribution in [0, 0.1) is 17.6 Å². The number of halogens is 2. The quantitative estimate of drug-likeness (QED) is 0.442. The molecule has 2 aromatic carbocycles. The molecule has 0 bridgehead atoms. The van der Waals surface area contributed by atoms with Crippen molar-refractivity contribution < 1.29 is 18.7 Å². The van der Waals surface area contributed by atoms with Crippen molar-refractivity contribution in [3.63, 3.8) is 0 Å². The van der Waals surface area contributed by atoms with Crippen molar-refractivity contribution in [1.82, 2.24) is 19.3 Å². The lowest BCUT2D eigenvalue weighted by Gasteiger charge is -2.52. The zero-order valence-electron chi connectivity index (χ0n) is 19.6. The van der Waals surface area contributed by atoms with Gasteiger partial charge in [-0.05, 0) is 43.0 Å². The lowest BCUT2D eigenvalue weighted by molar-refractivity contribution is -0.110. The van der Waals surface area contributed by atoms with Gasteiger partial charge >= 0.3 is 0 Å². The van der Waals surface area contributed by atoms with Gasteiger partial charge < -0.3 is 10.0 Å². The van der Waals surface area contributed by atoms with Crippen LogP contribution in [0.3, 0.4) is 0 Å². The number of piperidine rings is 1. The van der Waals surface area contributed by atoms with Crippen molar-refractivity contribution in [2.75, 3.05) is 6.54 Å². The zero-order valence-corrected chi connectivity index (χ0v) is 19.6. The maximum absolute atomic E-state index is 14.7. The van der Waals surface area contributed by atoms with Crippen LogP contribution in [0.25, 0.3) is 16.9 Å². The number of aromatic nitrogens is 3. The van der Waals surface area contributed by atoms with Crippen molar-refractivity contribution in [3.8, 4) is 11.3 Å². The Morgan fingerprint density at radius 1 is 1.06 bits per heavy atom. The number of amides is 1. The van der Waals surface area contributed by atoms with Crippen molar-refractivity contribution in [2.45, 2.75) is 43.7 Å². The van der Waals surface area contributed by atoms with Gasteiger partial charge in [0.1, 0.15) is 17.3 Å². The Hall–Kier alpha value is -3.65. The minimum Gasteiger partial charge on any atom is -0.385 e. The molecule has 3 atom stereocenters. The van der Waals surface area contributed by atoms with E-state index in [0.29, 0.717) is 18.6 Å². The maximum Gasteiger partial charge on any atom is 0.290 e. The summed E-state index contributed by atoms with van der Waals surface area (Å²) in [6.07, 6.45) is 7.26. The van der Waals surface area contributed by atoms with Crippen molar-refractivity contribution in [3.05, 3.63) is 90.0 Å². The molecule has 8 heteroatoms. The molecule has 184 valence electrons.